The first-order valence-electron chi connectivity index (χ1n) is 6.02. The summed E-state index contributed by atoms with van der Waals surface area (Å²) < 4.78 is 5.24. The van der Waals surface area contributed by atoms with Gasteiger partial charge in [-0.3, -0.25) is 4.90 Å². The molecule has 1 aromatic rings. The third-order valence-electron chi connectivity index (χ3n) is 2.89. The number of para-hydroxylation sites is 1. The van der Waals surface area contributed by atoms with Gasteiger partial charge in [0.25, 0.3) is 0 Å². The summed E-state index contributed by atoms with van der Waals surface area (Å²) >= 11 is 0. The third kappa shape index (κ3) is 2.97. The van der Waals surface area contributed by atoms with Gasteiger partial charge in [-0.2, -0.15) is 0 Å². The molecule has 0 radical (unpaired) electrons. The van der Waals surface area contributed by atoms with Crippen molar-refractivity contribution >= 4 is 11.7 Å². The SMILES string of the molecule is CCN(C(=O)NC1CCOC1)c1ccccc1. The standard InChI is InChI=1S/C13H18N2O2/c1-2-15(12-6-4-3-5-7-12)13(16)14-11-8-9-17-10-11/h3-7,11H,2,8-10H2,1H3,(H,14,16). The van der Waals surface area contributed by atoms with Crippen LogP contribution in [-0.4, -0.2) is 31.8 Å². The predicted octanol–water partition coefficient (Wildman–Crippen LogP) is 2.01. The lowest BCUT2D eigenvalue weighted by atomic mass is 10.2. The Morgan fingerprint density at radius 3 is 2.82 bits per heavy atom. The van der Waals surface area contributed by atoms with Crippen molar-refractivity contribution in [1.29, 1.82) is 0 Å². The van der Waals surface area contributed by atoms with Crippen molar-refractivity contribution < 1.29 is 9.53 Å². The minimum absolute atomic E-state index is 0.0470. The molecule has 92 valence electrons. The van der Waals surface area contributed by atoms with Crippen LogP contribution in [-0.2, 0) is 4.74 Å². The molecule has 1 N–H and O–H groups in total. The molecule has 4 nitrogen and oxygen atoms in total. The van der Waals surface area contributed by atoms with Crippen LogP contribution in [0, 0.1) is 0 Å². The summed E-state index contributed by atoms with van der Waals surface area (Å²) in [5.41, 5.74) is 0.923. The number of amides is 2. The zero-order valence-electron chi connectivity index (χ0n) is 10.1. The average molecular weight is 234 g/mol. The highest BCUT2D eigenvalue weighted by Crippen LogP contribution is 2.13. The van der Waals surface area contributed by atoms with Crippen LogP contribution in [0.15, 0.2) is 30.3 Å². The summed E-state index contributed by atoms with van der Waals surface area (Å²) in [6.45, 7) is 3.99. The van der Waals surface area contributed by atoms with Crippen LogP contribution in [0.2, 0.25) is 0 Å². The Morgan fingerprint density at radius 2 is 2.24 bits per heavy atom. The summed E-state index contributed by atoms with van der Waals surface area (Å²) in [6, 6.07) is 9.80. The van der Waals surface area contributed by atoms with Gasteiger partial charge in [-0.05, 0) is 25.5 Å². The molecule has 4 heteroatoms. The van der Waals surface area contributed by atoms with Crippen LogP contribution >= 0.6 is 0 Å². The van der Waals surface area contributed by atoms with Crippen LogP contribution < -0.4 is 10.2 Å². The Labute approximate surface area is 102 Å². The summed E-state index contributed by atoms with van der Waals surface area (Å²) in [5.74, 6) is 0. The molecule has 0 bridgehead atoms. The van der Waals surface area contributed by atoms with Crippen molar-refractivity contribution in [3.05, 3.63) is 30.3 Å². The number of nitrogens with zero attached hydrogens (tertiary/aromatic N) is 1. The fraction of sp³-hybridized carbons (Fsp3) is 0.462. The average Bonchev–Trinajstić information content (AvgIpc) is 2.84. The Balaban J connectivity index is 2.00. The van der Waals surface area contributed by atoms with Gasteiger partial charge in [0, 0.05) is 18.8 Å². The van der Waals surface area contributed by atoms with E-state index in [9.17, 15) is 4.79 Å². The minimum atomic E-state index is -0.0470. The number of hydrogen-bond donors (Lipinski definition) is 1. The predicted molar refractivity (Wildman–Crippen MR) is 67.2 cm³/mol. The number of urea groups is 1. The lowest BCUT2D eigenvalue weighted by Gasteiger charge is -2.23. The second-order valence-corrected chi connectivity index (χ2v) is 4.09. The number of hydrogen-bond acceptors (Lipinski definition) is 2. The quantitative estimate of drug-likeness (QED) is 0.869. The molecule has 2 amide bonds. The Hall–Kier alpha value is -1.55. The maximum atomic E-state index is 12.1. The number of carbonyl (C=O) groups excluding carboxylic acids is 1. The molecule has 1 fully saturated rings. The van der Waals surface area contributed by atoms with E-state index in [2.05, 4.69) is 5.32 Å². The molecule has 0 aromatic heterocycles. The largest absolute Gasteiger partial charge is 0.379 e. The Morgan fingerprint density at radius 1 is 1.47 bits per heavy atom. The molecule has 1 atom stereocenters. The van der Waals surface area contributed by atoms with Crippen LogP contribution in [0.5, 0.6) is 0 Å². The van der Waals surface area contributed by atoms with E-state index in [1.807, 2.05) is 37.3 Å². The maximum absolute atomic E-state index is 12.1. The first-order chi connectivity index (χ1) is 8.31. The molecule has 0 saturated carbocycles. The summed E-state index contributed by atoms with van der Waals surface area (Å²) in [6.07, 6.45) is 0.901. The number of carbonyl (C=O) groups is 1. The molecule has 17 heavy (non-hydrogen) atoms. The topological polar surface area (TPSA) is 41.6 Å². The van der Waals surface area contributed by atoms with E-state index >= 15 is 0 Å². The fourth-order valence-corrected chi connectivity index (χ4v) is 1.95. The molecule has 1 unspecified atom stereocenters. The monoisotopic (exact) mass is 234 g/mol. The summed E-state index contributed by atoms with van der Waals surface area (Å²) in [5, 5.41) is 2.99. The number of ether oxygens (including phenoxy) is 1. The van der Waals surface area contributed by atoms with E-state index < -0.39 is 0 Å². The molecular weight excluding hydrogens is 216 g/mol. The highest BCUT2D eigenvalue weighted by molar-refractivity contribution is 5.92. The van der Waals surface area contributed by atoms with Gasteiger partial charge in [-0.1, -0.05) is 18.2 Å². The van der Waals surface area contributed by atoms with E-state index in [4.69, 9.17) is 4.74 Å². The fourth-order valence-electron chi connectivity index (χ4n) is 1.95. The van der Waals surface area contributed by atoms with Gasteiger partial charge in [-0.25, -0.2) is 4.79 Å². The van der Waals surface area contributed by atoms with Crippen molar-refractivity contribution in [2.45, 2.75) is 19.4 Å². The molecule has 1 aromatic carbocycles. The van der Waals surface area contributed by atoms with Gasteiger partial charge in [-0.15, -0.1) is 0 Å². The molecule has 0 aliphatic carbocycles. The highest BCUT2D eigenvalue weighted by atomic mass is 16.5. The Kier molecular flexibility index (Phi) is 3.98. The van der Waals surface area contributed by atoms with Crippen LogP contribution in [0.1, 0.15) is 13.3 Å². The van der Waals surface area contributed by atoms with Crippen molar-refractivity contribution in [3.63, 3.8) is 0 Å². The van der Waals surface area contributed by atoms with Crippen LogP contribution in [0.3, 0.4) is 0 Å². The van der Waals surface area contributed by atoms with Gasteiger partial charge in [0.15, 0.2) is 0 Å². The highest BCUT2D eigenvalue weighted by Gasteiger charge is 2.21. The maximum Gasteiger partial charge on any atom is 0.322 e. The zero-order valence-corrected chi connectivity index (χ0v) is 10.1. The number of rotatable bonds is 3. The van der Waals surface area contributed by atoms with Crippen molar-refractivity contribution in [2.24, 2.45) is 0 Å². The zero-order chi connectivity index (χ0) is 12.1. The van der Waals surface area contributed by atoms with E-state index in [-0.39, 0.29) is 12.1 Å². The van der Waals surface area contributed by atoms with E-state index in [1.165, 1.54) is 0 Å². The Bertz CT molecular complexity index is 361. The van der Waals surface area contributed by atoms with E-state index in [1.54, 1.807) is 4.90 Å². The van der Waals surface area contributed by atoms with Gasteiger partial charge < -0.3 is 10.1 Å². The van der Waals surface area contributed by atoms with Crippen LogP contribution in [0.25, 0.3) is 0 Å². The molecule has 1 aliphatic rings. The molecule has 1 saturated heterocycles. The third-order valence-corrected chi connectivity index (χ3v) is 2.89. The smallest absolute Gasteiger partial charge is 0.322 e. The van der Waals surface area contributed by atoms with Gasteiger partial charge >= 0.3 is 6.03 Å². The second-order valence-electron chi connectivity index (χ2n) is 4.09. The molecule has 1 heterocycles. The minimum Gasteiger partial charge on any atom is -0.379 e. The lowest BCUT2D eigenvalue weighted by Crippen LogP contribution is -2.45. The summed E-state index contributed by atoms with van der Waals surface area (Å²) in [4.78, 5) is 13.8. The van der Waals surface area contributed by atoms with Crippen LogP contribution in [0.4, 0.5) is 10.5 Å². The van der Waals surface area contributed by atoms with E-state index in [0.29, 0.717) is 13.2 Å². The van der Waals surface area contributed by atoms with Gasteiger partial charge in [0.1, 0.15) is 0 Å². The van der Waals surface area contributed by atoms with Crippen molar-refractivity contribution in [1.82, 2.24) is 5.32 Å². The van der Waals surface area contributed by atoms with Gasteiger partial charge in [0.2, 0.25) is 0 Å². The summed E-state index contributed by atoms with van der Waals surface area (Å²) in [7, 11) is 0. The first kappa shape index (κ1) is 11.9. The van der Waals surface area contributed by atoms with E-state index in [0.717, 1.165) is 18.7 Å². The molecular formula is C13H18N2O2. The normalized spacial score (nSPS) is 19.0. The number of anilines is 1. The van der Waals surface area contributed by atoms with Crippen molar-refractivity contribution in [3.8, 4) is 0 Å². The second kappa shape index (κ2) is 5.68. The number of nitrogens with one attached hydrogen (secondary N) is 1. The molecule has 0 spiro atoms. The van der Waals surface area contributed by atoms with Gasteiger partial charge in [0.05, 0.1) is 12.6 Å². The lowest BCUT2D eigenvalue weighted by molar-refractivity contribution is 0.189. The first-order valence-corrected chi connectivity index (χ1v) is 6.02. The number of benzene rings is 1. The molecule has 2 rings (SSSR count). The van der Waals surface area contributed by atoms with Crippen molar-refractivity contribution in [2.75, 3.05) is 24.7 Å². The molecule has 1 aliphatic heterocycles.